The van der Waals surface area contributed by atoms with Crippen molar-refractivity contribution in [3.63, 3.8) is 0 Å². The summed E-state index contributed by atoms with van der Waals surface area (Å²) >= 11 is 0. The van der Waals surface area contributed by atoms with Crippen LogP contribution in [-0.2, 0) is 9.53 Å². The molecule has 0 saturated heterocycles. The Kier molecular flexibility index (Phi) is 11.1. The van der Waals surface area contributed by atoms with Crippen molar-refractivity contribution < 1.29 is 9.53 Å². The maximum absolute atomic E-state index is 10.2. The molecule has 1 aromatic carbocycles. The molecule has 0 aromatic heterocycles. The quantitative estimate of drug-likeness (QED) is 0.768. The summed E-state index contributed by atoms with van der Waals surface area (Å²) in [6.07, 6.45) is 2.52. The summed E-state index contributed by atoms with van der Waals surface area (Å²) in [6.45, 7) is 7.04. The van der Waals surface area contributed by atoms with Crippen molar-refractivity contribution in [3.8, 4) is 0 Å². The van der Waals surface area contributed by atoms with Gasteiger partial charge in [-0.25, -0.2) is 0 Å². The number of carbonyl (C=O) groups excluding carboxylic acids is 1. The summed E-state index contributed by atoms with van der Waals surface area (Å²) in [5.74, 6) is 0. The Balaban J connectivity index is 0.000000711. The standard InChI is InChI=1S/C13H19NO.C3H8O/c1-11(7-6-10-15)14-12(2)13-8-4-3-5-9-13;1-3-4-2/h3-5,8-12,14H,6-7H2,1-2H3;3H2,1-2H3. The minimum absolute atomic E-state index is 0.341. The second-order valence-electron chi connectivity index (χ2n) is 4.52. The lowest BCUT2D eigenvalue weighted by Gasteiger charge is -2.19. The van der Waals surface area contributed by atoms with E-state index in [-0.39, 0.29) is 0 Å². The molecule has 3 nitrogen and oxygen atoms in total. The third-order valence-corrected chi connectivity index (χ3v) is 2.84. The van der Waals surface area contributed by atoms with Gasteiger partial charge in [0.2, 0.25) is 0 Å². The van der Waals surface area contributed by atoms with E-state index in [4.69, 9.17) is 0 Å². The molecular formula is C16H27NO2. The normalized spacial score (nSPS) is 13.1. The summed E-state index contributed by atoms with van der Waals surface area (Å²) in [5, 5.41) is 3.47. The summed E-state index contributed by atoms with van der Waals surface area (Å²) in [6, 6.07) is 11.1. The Morgan fingerprint density at radius 3 is 2.32 bits per heavy atom. The molecule has 1 aromatic rings. The fourth-order valence-electron chi connectivity index (χ4n) is 1.67. The van der Waals surface area contributed by atoms with Crippen molar-refractivity contribution in [1.29, 1.82) is 0 Å². The number of ether oxygens (including phenoxy) is 1. The van der Waals surface area contributed by atoms with Crippen LogP contribution in [0.2, 0.25) is 0 Å². The largest absolute Gasteiger partial charge is 0.385 e. The molecule has 108 valence electrons. The minimum Gasteiger partial charge on any atom is -0.385 e. The SMILES string of the molecule is CC(CCC=O)NC(C)c1ccccc1.CCOC. The maximum atomic E-state index is 10.2. The lowest BCUT2D eigenvalue weighted by Crippen LogP contribution is -2.28. The number of rotatable bonds is 7. The van der Waals surface area contributed by atoms with Gasteiger partial charge in [-0.1, -0.05) is 30.3 Å². The third-order valence-electron chi connectivity index (χ3n) is 2.84. The zero-order valence-corrected chi connectivity index (χ0v) is 12.6. The van der Waals surface area contributed by atoms with Gasteiger partial charge in [0.05, 0.1) is 0 Å². The van der Waals surface area contributed by atoms with Crippen LogP contribution in [0.3, 0.4) is 0 Å². The fourth-order valence-corrected chi connectivity index (χ4v) is 1.67. The zero-order chi connectivity index (χ0) is 14.5. The monoisotopic (exact) mass is 265 g/mol. The molecule has 3 heteroatoms. The van der Waals surface area contributed by atoms with Crippen molar-refractivity contribution in [2.45, 2.75) is 45.7 Å². The van der Waals surface area contributed by atoms with Gasteiger partial charge in [-0.3, -0.25) is 0 Å². The molecule has 0 bridgehead atoms. The molecule has 0 radical (unpaired) electrons. The van der Waals surface area contributed by atoms with Gasteiger partial charge >= 0.3 is 0 Å². The Morgan fingerprint density at radius 2 is 1.84 bits per heavy atom. The molecule has 0 saturated carbocycles. The molecule has 0 heterocycles. The van der Waals surface area contributed by atoms with E-state index in [0.29, 0.717) is 18.5 Å². The molecule has 0 fully saturated rings. The summed E-state index contributed by atoms with van der Waals surface area (Å²) < 4.78 is 4.54. The van der Waals surface area contributed by atoms with Gasteiger partial charge < -0.3 is 14.8 Å². The Morgan fingerprint density at radius 1 is 1.26 bits per heavy atom. The smallest absolute Gasteiger partial charge is 0.120 e. The zero-order valence-electron chi connectivity index (χ0n) is 12.6. The van der Waals surface area contributed by atoms with E-state index in [0.717, 1.165) is 19.3 Å². The average molecular weight is 265 g/mol. The highest BCUT2D eigenvalue weighted by atomic mass is 16.5. The molecule has 0 spiro atoms. The molecule has 1 N–H and O–H groups in total. The summed E-state index contributed by atoms with van der Waals surface area (Å²) in [5.41, 5.74) is 1.29. The van der Waals surface area contributed by atoms with Crippen LogP contribution in [0.4, 0.5) is 0 Å². The van der Waals surface area contributed by atoms with Crippen LogP contribution < -0.4 is 5.32 Å². The highest BCUT2D eigenvalue weighted by Crippen LogP contribution is 2.12. The van der Waals surface area contributed by atoms with Crippen molar-refractivity contribution >= 4 is 6.29 Å². The van der Waals surface area contributed by atoms with E-state index in [2.05, 4.69) is 36.0 Å². The van der Waals surface area contributed by atoms with Crippen LogP contribution in [0, 0.1) is 0 Å². The summed E-state index contributed by atoms with van der Waals surface area (Å²) in [7, 11) is 1.68. The van der Waals surface area contributed by atoms with Gasteiger partial charge in [0.25, 0.3) is 0 Å². The van der Waals surface area contributed by atoms with Gasteiger partial charge in [0.15, 0.2) is 0 Å². The van der Waals surface area contributed by atoms with Crippen LogP contribution >= 0.6 is 0 Å². The average Bonchev–Trinajstić information content (AvgIpc) is 2.46. The molecule has 2 unspecified atom stereocenters. The molecule has 0 amide bonds. The van der Waals surface area contributed by atoms with Gasteiger partial charge in [-0.05, 0) is 32.8 Å². The predicted octanol–water partition coefficient (Wildman–Crippen LogP) is 3.36. The minimum atomic E-state index is 0.341. The molecule has 0 aliphatic rings. The Labute approximate surface area is 117 Å². The van der Waals surface area contributed by atoms with E-state index >= 15 is 0 Å². The fraction of sp³-hybridized carbons (Fsp3) is 0.562. The Hall–Kier alpha value is -1.19. The topological polar surface area (TPSA) is 38.3 Å². The second-order valence-corrected chi connectivity index (χ2v) is 4.52. The number of benzene rings is 1. The van der Waals surface area contributed by atoms with Gasteiger partial charge in [-0.15, -0.1) is 0 Å². The number of methoxy groups -OCH3 is 1. The van der Waals surface area contributed by atoms with E-state index in [1.54, 1.807) is 7.11 Å². The van der Waals surface area contributed by atoms with Gasteiger partial charge in [0.1, 0.15) is 6.29 Å². The van der Waals surface area contributed by atoms with E-state index in [1.165, 1.54) is 5.56 Å². The molecule has 1 rings (SSSR count). The van der Waals surface area contributed by atoms with Gasteiger partial charge in [0, 0.05) is 32.2 Å². The van der Waals surface area contributed by atoms with Crippen molar-refractivity contribution in [2.24, 2.45) is 0 Å². The molecule has 0 aliphatic carbocycles. The van der Waals surface area contributed by atoms with Crippen LogP contribution in [0.1, 0.15) is 45.2 Å². The van der Waals surface area contributed by atoms with Crippen LogP contribution in [0.15, 0.2) is 30.3 Å². The predicted molar refractivity (Wildman–Crippen MR) is 80.3 cm³/mol. The third kappa shape index (κ3) is 9.40. The number of nitrogens with one attached hydrogen (secondary N) is 1. The molecular weight excluding hydrogens is 238 g/mol. The van der Waals surface area contributed by atoms with Crippen LogP contribution in [0.25, 0.3) is 0 Å². The highest BCUT2D eigenvalue weighted by Gasteiger charge is 2.08. The Bertz CT molecular complexity index is 312. The number of hydrogen-bond acceptors (Lipinski definition) is 3. The van der Waals surface area contributed by atoms with Crippen LogP contribution in [-0.4, -0.2) is 26.0 Å². The van der Waals surface area contributed by atoms with E-state index < -0.39 is 0 Å². The highest BCUT2D eigenvalue weighted by molar-refractivity contribution is 5.49. The molecule has 0 aliphatic heterocycles. The van der Waals surface area contributed by atoms with Crippen molar-refractivity contribution in [3.05, 3.63) is 35.9 Å². The molecule has 19 heavy (non-hydrogen) atoms. The summed E-state index contributed by atoms with van der Waals surface area (Å²) in [4.78, 5) is 10.2. The first-order valence-corrected chi connectivity index (χ1v) is 6.89. The van der Waals surface area contributed by atoms with E-state index in [1.807, 2.05) is 25.1 Å². The lowest BCUT2D eigenvalue weighted by atomic mass is 10.1. The van der Waals surface area contributed by atoms with Crippen molar-refractivity contribution in [2.75, 3.05) is 13.7 Å². The first-order chi connectivity index (χ1) is 9.15. The lowest BCUT2D eigenvalue weighted by molar-refractivity contribution is -0.108. The van der Waals surface area contributed by atoms with Crippen LogP contribution in [0.5, 0.6) is 0 Å². The van der Waals surface area contributed by atoms with E-state index in [9.17, 15) is 4.79 Å². The second kappa shape index (κ2) is 11.9. The van der Waals surface area contributed by atoms with Crippen molar-refractivity contribution in [1.82, 2.24) is 5.32 Å². The number of aldehydes is 1. The first-order valence-electron chi connectivity index (χ1n) is 6.89. The first kappa shape index (κ1) is 17.8. The number of carbonyl (C=O) groups is 1. The maximum Gasteiger partial charge on any atom is 0.120 e. The molecule has 2 atom stereocenters. The van der Waals surface area contributed by atoms with Gasteiger partial charge in [-0.2, -0.15) is 0 Å². The number of hydrogen-bond donors (Lipinski definition) is 1.